The maximum atomic E-state index is 11.2. The number of hydrogen-bond donors (Lipinski definition) is 4. The van der Waals surface area contributed by atoms with Crippen LogP contribution in [0.3, 0.4) is 0 Å². The standard InChI is InChI=1S/C11H12N4O4/c1-7-8(14-10(16)5-12-18)3-2-4-9(7)15-11(17)6-13-19/h2-6,18-19H,1H3,(H,14,16)(H,15,17). The number of carbonyl (C=O) groups is 2. The molecule has 0 radical (unpaired) electrons. The minimum absolute atomic E-state index is 0.448. The minimum atomic E-state index is -0.606. The molecule has 0 fully saturated rings. The quantitative estimate of drug-likeness (QED) is 0.364. The van der Waals surface area contributed by atoms with Gasteiger partial charge in [0.05, 0.1) is 0 Å². The van der Waals surface area contributed by atoms with Crippen LogP contribution in [0.4, 0.5) is 11.4 Å². The van der Waals surface area contributed by atoms with Crippen LogP contribution in [0.2, 0.25) is 0 Å². The summed E-state index contributed by atoms with van der Waals surface area (Å²) in [6.07, 6.45) is 1.42. The molecule has 4 N–H and O–H groups in total. The molecule has 0 aromatic heterocycles. The summed E-state index contributed by atoms with van der Waals surface area (Å²) in [6, 6.07) is 4.85. The van der Waals surface area contributed by atoms with Crippen molar-refractivity contribution in [3.8, 4) is 0 Å². The number of amides is 2. The van der Waals surface area contributed by atoms with Gasteiger partial charge >= 0.3 is 0 Å². The first-order chi connectivity index (χ1) is 9.08. The fourth-order valence-electron chi connectivity index (χ4n) is 1.34. The van der Waals surface area contributed by atoms with E-state index < -0.39 is 11.8 Å². The van der Waals surface area contributed by atoms with Gasteiger partial charge < -0.3 is 21.0 Å². The molecule has 1 aromatic rings. The van der Waals surface area contributed by atoms with Crippen LogP contribution in [0.25, 0.3) is 0 Å². The molecule has 0 saturated heterocycles. The largest absolute Gasteiger partial charge is 0.411 e. The Bertz CT molecular complexity index is 495. The molecule has 0 atom stereocenters. The van der Waals surface area contributed by atoms with Crippen molar-refractivity contribution >= 4 is 35.6 Å². The lowest BCUT2D eigenvalue weighted by molar-refractivity contribution is -0.110. The van der Waals surface area contributed by atoms with E-state index in [9.17, 15) is 9.59 Å². The zero-order valence-electron chi connectivity index (χ0n) is 9.99. The summed E-state index contributed by atoms with van der Waals surface area (Å²) in [5, 5.41) is 26.6. The van der Waals surface area contributed by atoms with E-state index in [-0.39, 0.29) is 0 Å². The third-order valence-corrected chi connectivity index (χ3v) is 2.20. The smallest absolute Gasteiger partial charge is 0.270 e. The number of nitrogens with zero attached hydrogens (tertiary/aromatic N) is 2. The van der Waals surface area contributed by atoms with E-state index >= 15 is 0 Å². The van der Waals surface area contributed by atoms with E-state index in [1.165, 1.54) is 0 Å². The van der Waals surface area contributed by atoms with Crippen LogP contribution < -0.4 is 10.6 Å². The highest BCUT2D eigenvalue weighted by Crippen LogP contribution is 2.22. The Hall–Kier alpha value is -2.90. The highest BCUT2D eigenvalue weighted by atomic mass is 16.4. The lowest BCUT2D eigenvalue weighted by Crippen LogP contribution is -2.16. The van der Waals surface area contributed by atoms with Gasteiger partial charge in [0.1, 0.15) is 12.4 Å². The minimum Gasteiger partial charge on any atom is -0.411 e. The van der Waals surface area contributed by atoms with Crippen molar-refractivity contribution in [2.45, 2.75) is 6.92 Å². The lowest BCUT2D eigenvalue weighted by Gasteiger charge is -2.11. The monoisotopic (exact) mass is 264 g/mol. The summed E-state index contributed by atoms with van der Waals surface area (Å²) in [5.74, 6) is -1.21. The molecule has 0 heterocycles. The average Bonchev–Trinajstić information content (AvgIpc) is 2.35. The predicted octanol–water partition coefficient (Wildman–Crippen LogP) is 0.792. The number of oxime groups is 2. The van der Waals surface area contributed by atoms with E-state index in [1.54, 1.807) is 25.1 Å². The highest BCUT2D eigenvalue weighted by molar-refractivity contribution is 6.32. The molecular formula is C11H12N4O4. The molecule has 0 bridgehead atoms. The first-order valence-electron chi connectivity index (χ1n) is 5.15. The Morgan fingerprint density at radius 2 is 1.47 bits per heavy atom. The van der Waals surface area contributed by atoms with Crippen molar-refractivity contribution in [1.29, 1.82) is 0 Å². The van der Waals surface area contributed by atoms with Crippen molar-refractivity contribution in [3.63, 3.8) is 0 Å². The van der Waals surface area contributed by atoms with Gasteiger partial charge in [0.2, 0.25) is 0 Å². The summed E-state index contributed by atoms with van der Waals surface area (Å²) in [5.41, 5.74) is 1.49. The summed E-state index contributed by atoms with van der Waals surface area (Å²) in [6.45, 7) is 1.68. The molecule has 0 aliphatic carbocycles. The molecule has 0 aliphatic rings. The zero-order valence-corrected chi connectivity index (χ0v) is 9.99. The second-order valence-corrected chi connectivity index (χ2v) is 3.45. The van der Waals surface area contributed by atoms with Gasteiger partial charge in [0.15, 0.2) is 0 Å². The molecule has 8 nitrogen and oxygen atoms in total. The molecule has 1 aromatic carbocycles. The Balaban J connectivity index is 2.92. The van der Waals surface area contributed by atoms with Crippen LogP contribution in [-0.2, 0) is 9.59 Å². The Morgan fingerprint density at radius 1 is 1.05 bits per heavy atom. The average molecular weight is 264 g/mol. The third-order valence-electron chi connectivity index (χ3n) is 2.20. The van der Waals surface area contributed by atoms with Gasteiger partial charge in [-0.05, 0) is 24.6 Å². The molecule has 0 spiro atoms. The second kappa shape index (κ2) is 6.74. The van der Waals surface area contributed by atoms with Crippen molar-refractivity contribution in [3.05, 3.63) is 23.8 Å². The van der Waals surface area contributed by atoms with E-state index in [1.807, 2.05) is 0 Å². The van der Waals surface area contributed by atoms with Crippen molar-refractivity contribution < 1.29 is 20.0 Å². The topological polar surface area (TPSA) is 123 Å². The van der Waals surface area contributed by atoms with Crippen molar-refractivity contribution in [2.24, 2.45) is 10.3 Å². The highest BCUT2D eigenvalue weighted by Gasteiger charge is 2.08. The van der Waals surface area contributed by atoms with Crippen LogP contribution in [-0.4, -0.2) is 34.7 Å². The SMILES string of the molecule is Cc1c(NC(=O)C=NO)cccc1NC(=O)C=NO. The van der Waals surface area contributed by atoms with Gasteiger partial charge in [0.25, 0.3) is 11.8 Å². The van der Waals surface area contributed by atoms with E-state index in [0.717, 1.165) is 0 Å². The van der Waals surface area contributed by atoms with E-state index in [0.29, 0.717) is 29.4 Å². The Kier molecular flexibility index (Phi) is 5.03. The van der Waals surface area contributed by atoms with Crippen LogP contribution in [0, 0.1) is 6.92 Å². The number of nitrogens with one attached hydrogen (secondary N) is 2. The maximum absolute atomic E-state index is 11.2. The second-order valence-electron chi connectivity index (χ2n) is 3.45. The molecule has 0 saturated carbocycles. The van der Waals surface area contributed by atoms with Gasteiger partial charge in [-0.2, -0.15) is 0 Å². The molecule has 1 rings (SSSR count). The van der Waals surface area contributed by atoms with Crippen LogP contribution >= 0.6 is 0 Å². The van der Waals surface area contributed by atoms with Crippen molar-refractivity contribution in [2.75, 3.05) is 10.6 Å². The lowest BCUT2D eigenvalue weighted by atomic mass is 10.1. The molecule has 19 heavy (non-hydrogen) atoms. The summed E-state index contributed by atoms with van der Waals surface area (Å²) in [7, 11) is 0. The van der Waals surface area contributed by atoms with Crippen molar-refractivity contribution in [1.82, 2.24) is 0 Å². The van der Waals surface area contributed by atoms with Gasteiger partial charge in [-0.3, -0.25) is 9.59 Å². The predicted molar refractivity (Wildman–Crippen MR) is 69.0 cm³/mol. The summed E-state index contributed by atoms with van der Waals surface area (Å²) < 4.78 is 0. The van der Waals surface area contributed by atoms with E-state index in [4.69, 9.17) is 10.4 Å². The van der Waals surface area contributed by atoms with E-state index in [2.05, 4.69) is 20.9 Å². The van der Waals surface area contributed by atoms with Gasteiger partial charge in [-0.1, -0.05) is 16.4 Å². The van der Waals surface area contributed by atoms with Crippen LogP contribution in [0.15, 0.2) is 28.5 Å². The van der Waals surface area contributed by atoms with Crippen LogP contribution in [0.5, 0.6) is 0 Å². The molecule has 8 heteroatoms. The number of anilines is 2. The molecule has 0 aliphatic heterocycles. The first kappa shape index (κ1) is 14.2. The fraction of sp³-hybridized carbons (Fsp3) is 0.0909. The number of carbonyl (C=O) groups excluding carboxylic acids is 2. The first-order valence-corrected chi connectivity index (χ1v) is 5.15. The zero-order chi connectivity index (χ0) is 14.3. The number of benzene rings is 1. The fourth-order valence-corrected chi connectivity index (χ4v) is 1.34. The van der Waals surface area contributed by atoms with Crippen LogP contribution in [0.1, 0.15) is 5.56 Å². The number of rotatable bonds is 4. The van der Waals surface area contributed by atoms with Gasteiger partial charge in [0, 0.05) is 11.4 Å². The van der Waals surface area contributed by atoms with Gasteiger partial charge in [-0.15, -0.1) is 0 Å². The molecule has 0 unspecified atom stereocenters. The Morgan fingerprint density at radius 3 is 1.84 bits per heavy atom. The Labute approximate surface area is 108 Å². The normalized spacial score (nSPS) is 10.8. The summed E-state index contributed by atoms with van der Waals surface area (Å²) >= 11 is 0. The third kappa shape index (κ3) is 4.11. The van der Waals surface area contributed by atoms with Gasteiger partial charge in [-0.25, -0.2) is 0 Å². The molecule has 100 valence electrons. The molecular weight excluding hydrogens is 252 g/mol. The maximum Gasteiger partial charge on any atom is 0.270 e. The molecule has 2 amide bonds. The number of hydrogen-bond acceptors (Lipinski definition) is 6. The summed E-state index contributed by atoms with van der Waals surface area (Å²) in [4.78, 5) is 22.5.